The second kappa shape index (κ2) is 9.89. The summed E-state index contributed by atoms with van der Waals surface area (Å²) in [5, 5.41) is 0. The number of hydrogen-bond acceptors (Lipinski definition) is 2. The molecule has 0 atom stereocenters. The Bertz CT molecular complexity index is 906. The maximum atomic E-state index is 13.3. The largest absolute Gasteiger partial charge is 0.348 e. The van der Waals surface area contributed by atoms with Crippen molar-refractivity contribution in [2.75, 3.05) is 27.2 Å². The molecule has 2 fully saturated rings. The van der Waals surface area contributed by atoms with Crippen LogP contribution >= 0.6 is 0 Å². The molecule has 0 aromatic heterocycles. The van der Waals surface area contributed by atoms with Crippen LogP contribution in [0.4, 0.5) is 0 Å². The van der Waals surface area contributed by atoms with Gasteiger partial charge in [-0.25, -0.2) is 0 Å². The van der Waals surface area contributed by atoms with Crippen LogP contribution in [0.25, 0.3) is 11.1 Å². The number of rotatable bonds is 5. The van der Waals surface area contributed by atoms with Crippen LogP contribution in [0, 0.1) is 11.3 Å². The fraction of sp³-hybridized carbons (Fsp3) is 0.500. The zero-order chi connectivity index (χ0) is 22.6. The minimum atomic E-state index is -0.429. The van der Waals surface area contributed by atoms with E-state index in [0.717, 1.165) is 32.1 Å². The van der Waals surface area contributed by atoms with E-state index >= 15 is 0 Å². The van der Waals surface area contributed by atoms with E-state index in [-0.39, 0.29) is 11.8 Å². The maximum absolute atomic E-state index is 13.3. The van der Waals surface area contributed by atoms with E-state index in [1.165, 1.54) is 36.0 Å². The molecule has 0 unspecified atom stereocenters. The monoisotopic (exact) mass is 432 g/mol. The molecule has 4 rings (SSSR count). The van der Waals surface area contributed by atoms with Crippen molar-refractivity contribution < 1.29 is 9.59 Å². The summed E-state index contributed by atoms with van der Waals surface area (Å²) in [4.78, 5) is 30.1. The van der Waals surface area contributed by atoms with Crippen molar-refractivity contribution in [3.63, 3.8) is 0 Å². The summed E-state index contributed by atoms with van der Waals surface area (Å²) in [6, 6.07) is 19.0. The zero-order valence-corrected chi connectivity index (χ0v) is 19.6. The van der Waals surface area contributed by atoms with Gasteiger partial charge in [0.15, 0.2) is 0 Å². The van der Waals surface area contributed by atoms with Gasteiger partial charge in [0, 0.05) is 33.1 Å². The minimum absolute atomic E-state index is 0.189. The second-order valence-corrected chi connectivity index (χ2v) is 9.88. The van der Waals surface area contributed by atoms with Gasteiger partial charge in [-0.2, -0.15) is 0 Å². The van der Waals surface area contributed by atoms with Crippen molar-refractivity contribution in [3.8, 4) is 11.1 Å². The van der Waals surface area contributed by atoms with Crippen molar-refractivity contribution in [1.29, 1.82) is 0 Å². The van der Waals surface area contributed by atoms with E-state index in [1.807, 2.05) is 25.1 Å². The molecule has 1 saturated carbocycles. The lowest BCUT2D eigenvalue weighted by Crippen LogP contribution is -2.52. The fourth-order valence-corrected chi connectivity index (χ4v) is 5.54. The highest BCUT2D eigenvalue weighted by atomic mass is 16.2. The number of benzene rings is 2. The highest BCUT2D eigenvalue weighted by Gasteiger charge is 2.43. The van der Waals surface area contributed by atoms with Crippen LogP contribution in [0.1, 0.15) is 50.5 Å². The van der Waals surface area contributed by atoms with Crippen LogP contribution < -0.4 is 0 Å². The molecule has 1 saturated heterocycles. The van der Waals surface area contributed by atoms with E-state index in [2.05, 4.69) is 48.5 Å². The average Bonchev–Trinajstić information content (AvgIpc) is 2.85. The van der Waals surface area contributed by atoms with Gasteiger partial charge in [-0.1, -0.05) is 73.9 Å². The first-order valence-corrected chi connectivity index (χ1v) is 12.1. The fourth-order valence-electron chi connectivity index (χ4n) is 5.54. The number of carbonyl (C=O) groups is 2. The third-order valence-electron chi connectivity index (χ3n) is 7.45. The van der Waals surface area contributed by atoms with Crippen molar-refractivity contribution in [3.05, 3.63) is 60.2 Å². The second-order valence-electron chi connectivity index (χ2n) is 9.88. The van der Waals surface area contributed by atoms with E-state index < -0.39 is 5.41 Å². The molecule has 0 N–H and O–H groups in total. The predicted molar refractivity (Wildman–Crippen MR) is 129 cm³/mol. The lowest BCUT2D eigenvalue weighted by atomic mass is 9.72. The van der Waals surface area contributed by atoms with Crippen LogP contribution in [0.15, 0.2) is 54.6 Å². The van der Waals surface area contributed by atoms with E-state index in [4.69, 9.17) is 0 Å². The van der Waals surface area contributed by atoms with Gasteiger partial charge in [-0.3, -0.25) is 9.59 Å². The Morgan fingerprint density at radius 1 is 0.875 bits per heavy atom. The number of hydrogen-bond donors (Lipinski definition) is 0. The first-order valence-electron chi connectivity index (χ1n) is 12.1. The highest BCUT2D eigenvalue weighted by molar-refractivity contribution is 5.84. The smallest absolute Gasteiger partial charge is 0.228 e. The van der Waals surface area contributed by atoms with Crippen LogP contribution in [-0.4, -0.2) is 48.8 Å². The molecule has 2 aromatic carbocycles. The third kappa shape index (κ3) is 4.90. The van der Waals surface area contributed by atoms with E-state index in [1.54, 1.807) is 4.90 Å². The Balaban J connectivity index is 1.47. The number of nitrogens with zero attached hydrogens (tertiary/aromatic N) is 2. The molecule has 4 nitrogen and oxygen atoms in total. The Morgan fingerprint density at radius 2 is 1.47 bits per heavy atom. The summed E-state index contributed by atoms with van der Waals surface area (Å²) in [5.74, 6) is 0.712. The zero-order valence-electron chi connectivity index (χ0n) is 19.6. The molecule has 32 heavy (non-hydrogen) atoms. The number of carbonyl (C=O) groups excluding carboxylic acids is 2. The van der Waals surface area contributed by atoms with E-state index in [9.17, 15) is 9.59 Å². The van der Waals surface area contributed by atoms with Crippen LogP contribution in [0.5, 0.6) is 0 Å². The summed E-state index contributed by atoms with van der Waals surface area (Å²) in [6.45, 7) is 1.38. The van der Waals surface area contributed by atoms with Gasteiger partial charge in [0.1, 0.15) is 0 Å². The van der Waals surface area contributed by atoms with Gasteiger partial charge in [-0.15, -0.1) is 0 Å². The number of likely N-dealkylation sites (tertiary alicyclic amines) is 1. The number of amides is 2. The van der Waals surface area contributed by atoms with Crippen LogP contribution in [0.2, 0.25) is 0 Å². The molecule has 2 aliphatic rings. The summed E-state index contributed by atoms with van der Waals surface area (Å²) in [7, 11) is 3.70. The predicted octanol–water partition coefficient (Wildman–Crippen LogP) is 5.17. The Hall–Kier alpha value is -2.62. The molecule has 0 radical (unpaired) electrons. The average molecular weight is 433 g/mol. The highest BCUT2D eigenvalue weighted by Crippen LogP contribution is 2.38. The maximum Gasteiger partial charge on any atom is 0.228 e. The van der Waals surface area contributed by atoms with Crippen LogP contribution in [0.3, 0.4) is 0 Å². The van der Waals surface area contributed by atoms with Crippen LogP contribution in [-0.2, 0) is 16.0 Å². The van der Waals surface area contributed by atoms with Gasteiger partial charge in [0.2, 0.25) is 11.8 Å². The molecule has 2 aromatic rings. The molecular weight excluding hydrogens is 396 g/mol. The summed E-state index contributed by atoms with van der Waals surface area (Å²) in [6.07, 6.45) is 7.87. The molecule has 1 aliphatic carbocycles. The minimum Gasteiger partial charge on any atom is -0.348 e. The quantitative estimate of drug-likeness (QED) is 0.654. The first kappa shape index (κ1) is 22.6. The third-order valence-corrected chi connectivity index (χ3v) is 7.45. The Morgan fingerprint density at radius 3 is 2.06 bits per heavy atom. The SMILES string of the molecule is CN(C)C(=O)C1(Cc2ccc(-c3ccccc3)cc2)CCN(C(=O)C2CCCCC2)CC1. The molecule has 0 bridgehead atoms. The topological polar surface area (TPSA) is 40.6 Å². The molecule has 170 valence electrons. The number of piperidine rings is 1. The van der Waals surface area contributed by atoms with E-state index in [0.29, 0.717) is 19.0 Å². The lowest BCUT2D eigenvalue weighted by molar-refractivity contribution is -0.148. The Labute approximate surface area is 192 Å². The van der Waals surface area contributed by atoms with Crippen molar-refractivity contribution in [1.82, 2.24) is 9.80 Å². The summed E-state index contributed by atoms with van der Waals surface area (Å²) < 4.78 is 0. The lowest BCUT2D eigenvalue weighted by Gasteiger charge is -2.43. The van der Waals surface area contributed by atoms with Gasteiger partial charge in [0.05, 0.1) is 5.41 Å². The van der Waals surface area contributed by atoms with Gasteiger partial charge in [0.25, 0.3) is 0 Å². The standard InChI is InChI=1S/C28H36N2O2/c1-29(2)27(32)28(17-19-30(20-18-28)26(31)25-11-7-4-8-12-25)21-22-13-15-24(16-14-22)23-9-5-3-6-10-23/h3,5-6,9-10,13-16,25H,4,7-8,11-12,17-21H2,1-2H3. The summed E-state index contributed by atoms with van der Waals surface area (Å²) in [5.41, 5.74) is 3.15. The Kier molecular flexibility index (Phi) is 6.98. The van der Waals surface area contributed by atoms with Crippen molar-refractivity contribution >= 4 is 11.8 Å². The van der Waals surface area contributed by atoms with Crippen molar-refractivity contribution in [2.45, 2.75) is 51.4 Å². The van der Waals surface area contributed by atoms with Gasteiger partial charge >= 0.3 is 0 Å². The normalized spacial score (nSPS) is 18.9. The molecule has 2 amide bonds. The van der Waals surface area contributed by atoms with Crippen molar-refractivity contribution in [2.24, 2.45) is 11.3 Å². The summed E-state index contributed by atoms with van der Waals surface area (Å²) >= 11 is 0. The van der Waals surface area contributed by atoms with Gasteiger partial charge in [-0.05, 0) is 48.8 Å². The molecule has 1 aliphatic heterocycles. The first-order chi connectivity index (χ1) is 15.5. The molecular formula is C28H36N2O2. The van der Waals surface area contributed by atoms with Gasteiger partial charge < -0.3 is 9.80 Å². The molecule has 1 heterocycles. The molecule has 4 heteroatoms. The molecule has 0 spiro atoms.